The Balaban J connectivity index is 2.13. The van der Waals surface area contributed by atoms with Gasteiger partial charge in [-0.05, 0) is 6.42 Å². The number of hydrogen-bond donors (Lipinski definition) is 2. The molecule has 2 rings (SSSR count). The predicted molar refractivity (Wildman–Crippen MR) is 45.3 cm³/mol. The van der Waals surface area contributed by atoms with Gasteiger partial charge in [0.25, 0.3) is 0 Å². The van der Waals surface area contributed by atoms with Gasteiger partial charge in [-0.1, -0.05) is 6.08 Å². The average Bonchev–Trinajstić information content (AvgIpc) is 2.58. The molecule has 2 aliphatic heterocycles. The van der Waals surface area contributed by atoms with Crippen molar-refractivity contribution in [3.63, 3.8) is 0 Å². The Bertz CT molecular complexity index is 218. The van der Waals surface area contributed by atoms with Crippen LogP contribution in [0.4, 0.5) is 0 Å². The van der Waals surface area contributed by atoms with Crippen molar-refractivity contribution < 1.29 is 19.7 Å². The molecule has 0 radical (unpaired) electrons. The lowest BCUT2D eigenvalue weighted by atomic mass is 9.93. The van der Waals surface area contributed by atoms with Gasteiger partial charge >= 0.3 is 0 Å². The highest BCUT2D eigenvalue weighted by Gasteiger charge is 2.54. The van der Waals surface area contributed by atoms with E-state index in [1.807, 2.05) is 0 Å². The van der Waals surface area contributed by atoms with E-state index in [-0.39, 0.29) is 19.3 Å². The van der Waals surface area contributed by atoms with E-state index in [1.165, 1.54) is 0 Å². The van der Waals surface area contributed by atoms with Crippen molar-refractivity contribution in [3.05, 3.63) is 12.7 Å². The monoisotopic (exact) mass is 186 g/mol. The van der Waals surface area contributed by atoms with Gasteiger partial charge < -0.3 is 19.7 Å². The van der Waals surface area contributed by atoms with Crippen molar-refractivity contribution >= 4 is 0 Å². The highest BCUT2D eigenvalue weighted by Crippen LogP contribution is 2.36. The number of ether oxygens (including phenoxy) is 2. The van der Waals surface area contributed by atoms with Crippen LogP contribution in [-0.4, -0.2) is 47.3 Å². The minimum atomic E-state index is -0.996. The molecule has 0 aromatic heterocycles. The first kappa shape index (κ1) is 9.15. The van der Waals surface area contributed by atoms with Crippen LogP contribution in [0.25, 0.3) is 0 Å². The summed E-state index contributed by atoms with van der Waals surface area (Å²) in [4.78, 5) is 0. The normalized spacial score (nSPS) is 49.2. The fourth-order valence-corrected chi connectivity index (χ4v) is 2.00. The molecule has 2 fully saturated rings. The Labute approximate surface area is 76.8 Å². The summed E-state index contributed by atoms with van der Waals surface area (Å²) in [6, 6.07) is 0. The Kier molecular flexibility index (Phi) is 2.15. The Morgan fingerprint density at radius 3 is 3.00 bits per heavy atom. The van der Waals surface area contributed by atoms with Crippen LogP contribution < -0.4 is 0 Å². The third-order valence-electron chi connectivity index (χ3n) is 2.68. The summed E-state index contributed by atoms with van der Waals surface area (Å²) < 4.78 is 10.6. The minimum absolute atomic E-state index is 0.214. The van der Waals surface area contributed by atoms with Crippen molar-refractivity contribution in [2.75, 3.05) is 13.2 Å². The van der Waals surface area contributed by atoms with Gasteiger partial charge in [0.1, 0.15) is 23.9 Å². The third-order valence-corrected chi connectivity index (χ3v) is 2.68. The maximum atomic E-state index is 10.0. The molecule has 2 saturated heterocycles. The van der Waals surface area contributed by atoms with Crippen LogP contribution >= 0.6 is 0 Å². The van der Waals surface area contributed by atoms with Gasteiger partial charge in [0.05, 0.1) is 13.2 Å². The van der Waals surface area contributed by atoms with Crippen LogP contribution in [0.2, 0.25) is 0 Å². The number of hydrogen-bond acceptors (Lipinski definition) is 4. The lowest BCUT2D eigenvalue weighted by molar-refractivity contribution is -0.0668. The number of fused-ring (bicyclic) bond motifs is 1. The molecular weight excluding hydrogens is 172 g/mol. The standard InChI is InChI=1S/C9H14O4/c1-2-3-9(11)5-13-7-6(10)4-12-8(7)9/h2,6-8,10-11H,1,3-5H2/t6-,7+,8-,9+/m0/s1. The molecule has 4 heteroatoms. The second-order valence-corrected chi connectivity index (χ2v) is 3.69. The van der Waals surface area contributed by atoms with Crippen LogP contribution in [-0.2, 0) is 9.47 Å². The second-order valence-electron chi connectivity index (χ2n) is 3.69. The van der Waals surface area contributed by atoms with E-state index in [2.05, 4.69) is 6.58 Å². The van der Waals surface area contributed by atoms with Gasteiger partial charge in [-0.15, -0.1) is 6.58 Å². The molecule has 0 amide bonds. The molecule has 4 atom stereocenters. The summed E-state index contributed by atoms with van der Waals surface area (Å²) >= 11 is 0. The Morgan fingerprint density at radius 2 is 2.31 bits per heavy atom. The van der Waals surface area contributed by atoms with Crippen LogP contribution in [0, 0.1) is 0 Å². The van der Waals surface area contributed by atoms with Gasteiger partial charge in [-0.3, -0.25) is 0 Å². The van der Waals surface area contributed by atoms with Crippen LogP contribution in [0.5, 0.6) is 0 Å². The first-order valence-electron chi connectivity index (χ1n) is 4.42. The fraction of sp³-hybridized carbons (Fsp3) is 0.778. The molecule has 0 unspecified atom stereocenters. The zero-order chi connectivity index (χ0) is 9.47. The third kappa shape index (κ3) is 1.30. The molecule has 2 aliphatic rings. The van der Waals surface area contributed by atoms with E-state index in [4.69, 9.17) is 9.47 Å². The molecule has 0 spiro atoms. The second kappa shape index (κ2) is 3.06. The summed E-state index contributed by atoms with van der Waals surface area (Å²) in [7, 11) is 0. The van der Waals surface area contributed by atoms with E-state index in [0.29, 0.717) is 6.42 Å². The number of rotatable bonds is 2. The molecule has 0 bridgehead atoms. The molecule has 0 aromatic carbocycles. The summed E-state index contributed by atoms with van der Waals surface area (Å²) in [6.45, 7) is 4.03. The van der Waals surface area contributed by atoms with Crippen molar-refractivity contribution in [2.24, 2.45) is 0 Å². The van der Waals surface area contributed by atoms with E-state index in [1.54, 1.807) is 6.08 Å². The molecule has 0 saturated carbocycles. The smallest absolute Gasteiger partial charge is 0.120 e. The molecule has 74 valence electrons. The van der Waals surface area contributed by atoms with Gasteiger partial charge in [-0.25, -0.2) is 0 Å². The molecule has 0 aromatic rings. The Hall–Kier alpha value is -0.420. The maximum absolute atomic E-state index is 10.0. The summed E-state index contributed by atoms with van der Waals surface area (Å²) in [5, 5.41) is 19.5. The summed E-state index contributed by atoms with van der Waals surface area (Å²) in [6.07, 6.45) is 0.690. The minimum Gasteiger partial charge on any atom is -0.388 e. The van der Waals surface area contributed by atoms with Crippen molar-refractivity contribution in [3.8, 4) is 0 Å². The van der Waals surface area contributed by atoms with Gasteiger partial charge in [0.2, 0.25) is 0 Å². The first-order chi connectivity index (χ1) is 6.17. The van der Waals surface area contributed by atoms with E-state index in [9.17, 15) is 10.2 Å². The Morgan fingerprint density at radius 1 is 1.54 bits per heavy atom. The largest absolute Gasteiger partial charge is 0.388 e. The van der Waals surface area contributed by atoms with E-state index < -0.39 is 17.8 Å². The quantitative estimate of drug-likeness (QED) is 0.568. The van der Waals surface area contributed by atoms with Crippen molar-refractivity contribution in [2.45, 2.75) is 30.3 Å². The highest BCUT2D eigenvalue weighted by molar-refractivity contribution is 5.06. The summed E-state index contributed by atoms with van der Waals surface area (Å²) in [5.74, 6) is 0. The molecule has 2 heterocycles. The van der Waals surface area contributed by atoms with Crippen LogP contribution in [0.3, 0.4) is 0 Å². The molecular formula is C9H14O4. The maximum Gasteiger partial charge on any atom is 0.120 e. The van der Waals surface area contributed by atoms with E-state index in [0.717, 1.165) is 0 Å². The molecule has 0 aliphatic carbocycles. The van der Waals surface area contributed by atoms with Crippen LogP contribution in [0.15, 0.2) is 12.7 Å². The van der Waals surface area contributed by atoms with Gasteiger partial charge in [-0.2, -0.15) is 0 Å². The highest BCUT2D eigenvalue weighted by atomic mass is 16.6. The first-order valence-corrected chi connectivity index (χ1v) is 4.42. The topological polar surface area (TPSA) is 58.9 Å². The van der Waals surface area contributed by atoms with Gasteiger partial charge in [0.15, 0.2) is 0 Å². The molecule has 2 N–H and O–H groups in total. The molecule has 4 nitrogen and oxygen atoms in total. The summed E-state index contributed by atoms with van der Waals surface area (Å²) in [5.41, 5.74) is -0.996. The molecule has 13 heavy (non-hydrogen) atoms. The number of aliphatic hydroxyl groups excluding tert-OH is 1. The zero-order valence-electron chi connectivity index (χ0n) is 7.35. The van der Waals surface area contributed by atoms with Gasteiger partial charge in [0, 0.05) is 0 Å². The van der Waals surface area contributed by atoms with Crippen molar-refractivity contribution in [1.82, 2.24) is 0 Å². The lowest BCUT2D eigenvalue weighted by Crippen LogP contribution is -2.43. The lowest BCUT2D eigenvalue weighted by Gasteiger charge is -2.24. The van der Waals surface area contributed by atoms with E-state index >= 15 is 0 Å². The average molecular weight is 186 g/mol. The predicted octanol–water partition coefficient (Wildman–Crippen LogP) is -0.548. The fourth-order valence-electron chi connectivity index (χ4n) is 2.00. The SMILES string of the molecule is C=CC[C@@]1(O)CO[C@@H]2[C@@H](O)CO[C@@H]21. The van der Waals surface area contributed by atoms with Crippen LogP contribution in [0.1, 0.15) is 6.42 Å². The van der Waals surface area contributed by atoms with Crippen molar-refractivity contribution in [1.29, 1.82) is 0 Å². The zero-order valence-corrected chi connectivity index (χ0v) is 7.35. The number of aliphatic hydroxyl groups is 2.